The summed E-state index contributed by atoms with van der Waals surface area (Å²) in [6.07, 6.45) is 2.59. The summed E-state index contributed by atoms with van der Waals surface area (Å²) in [5.74, 6) is 0.149. The van der Waals surface area contributed by atoms with Crippen LogP contribution < -0.4 is 5.56 Å². The Morgan fingerprint density at radius 1 is 1.33 bits per heavy atom. The van der Waals surface area contributed by atoms with Crippen LogP contribution in [-0.4, -0.2) is 9.97 Å². The first-order chi connectivity index (χ1) is 8.65. The minimum atomic E-state index is -0.321. The third kappa shape index (κ3) is 1.74. The highest BCUT2D eigenvalue weighted by Gasteiger charge is 2.18. The van der Waals surface area contributed by atoms with Crippen molar-refractivity contribution >= 4 is 0 Å². The topological polar surface area (TPSA) is 45.8 Å². The molecule has 0 radical (unpaired) electrons. The van der Waals surface area contributed by atoms with Crippen LogP contribution in [0.15, 0.2) is 23.0 Å². The van der Waals surface area contributed by atoms with Gasteiger partial charge in [-0.05, 0) is 43.9 Å². The summed E-state index contributed by atoms with van der Waals surface area (Å²) in [5.41, 5.74) is 3.11. The van der Waals surface area contributed by atoms with Gasteiger partial charge in [0.15, 0.2) is 0 Å². The van der Waals surface area contributed by atoms with Crippen LogP contribution in [0.5, 0.6) is 0 Å². The highest BCUT2D eigenvalue weighted by atomic mass is 19.1. The molecule has 4 heteroatoms. The van der Waals surface area contributed by atoms with Gasteiger partial charge >= 0.3 is 0 Å². The lowest BCUT2D eigenvalue weighted by molar-refractivity contribution is 0.627. The summed E-state index contributed by atoms with van der Waals surface area (Å²) in [6, 6.07) is 4.51. The summed E-state index contributed by atoms with van der Waals surface area (Å²) in [7, 11) is 0. The highest BCUT2D eigenvalue weighted by molar-refractivity contribution is 5.60. The molecule has 0 spiro atoms. The van der Waals surface area contributed by atoms with Crippen molar-refractivity contribution in [3.8, 4) is 11.4 Å². The Balaban J connectivity index is 2.21. The zero-order valence-corrected chi connectivity index (χ0v) is 10.1. The third-order valence-electron chi connectivity index (χ3n) is 3.40. The first-order valence-electron chi connectivity index (χ1n) is 6.04. The smallest absolute Gasteiger partial charge is 0.254 e. The minimum absolute atomic E-state index is 0.0869. The van der Waals surface area contributed by atoms with Crippen LogP contribution in [0.1, 0.15) is 23.2 Å². The van der Waals surface area contributed by atoms with E-state index in [0.29, 0.717) is 11.4 Å². The molecule has 0 atom stereocenters. The van der Waals surface area contributed by atoms with E-state index in [2.05, 4.69) is 9.97 Å². The molecule has 0 amide bonds. The number of hydrogen-bond acceptors (Lipinski definition) is 2. The second-order valence-corrected chi connectivity index (χ2v) is 4.65. The third-order valence-corrected chi connectivity index (χ3v) is 3.40. The number of nitrogens with zero attached hydrogens (tertiary/aromatic N) is 1. The predicted octanol–water partition coefficient (Wildman–Crippen LogP) is 2.37. The molecule has 3 nitrogen and oxygen atoms in total. The Labute approximate surface area is 104 Å². The zero-order valence-electron chi connectivity index (χ0n) is 10.1. The number of aromatic amines is 1. The lowest BCUT2D eigenvalue weighted by Gasteiger charge is -2.07. The van der Waals surface area contributed by atoms with Gasteiger partial charge < -0.3 is 4.98 Å². The molecule has 1 aliphatic carbocycles. The van der Waals surface area contributed by atoms with Gasteiger partial charge in [-0.15, -0.1) is 0 Å². The monoisotopic (exact) mass is 244 g/mol. The number of aromatic nitrogens is 2. The molecule has 0 aliphatic heterocycles. The average molecular weight is 244 g/mol. The van der Waals surface area contributed by atoms with Crippen LogP contribution in [0, 0.1) is 12.7 Å². The maximum atomic E-state index is 13.3. The summed E-state index contributed by atoms with van der Waals surface area (Å²) in [5, 5.41) is 0. The molecule has 1 aromatic carbocycles. The van der Waals surface area contributed by atoms with E-state index in [0.717, 1.165) is 36.1 Å². The number of fused-ring (bicyclic) bond motifs is 1. The van der Waals surface area contributed by atoms with Crippen LogP contribution in [-0.2, 0) is 12.8 Å². The molecule has 1 aliphatic rings. The fourth-order valence-corrected chi connectivity index (χ4v) is 2.42. The molecule has 0 unspecified atom stereocenters. The van der Waals surface area contributed by atoms with Gasteiger partial charge in [-0.1, -0.05) is 6.07 Å². The summed E-state index contributed by atoms with van der Waals surface area (Å²) in [6.45, 7) is 1.88. The van der Waals surface area contributed by atoms with Crippen LogP contribution in [0.3, 0.4) is 0 Å². The molecular weight excluding hydrogens is 231 g/mol. The Bertz CT molecular complexity index is 676. The number of benzene rings is 1. The van der Waals surface area contributed by atoms with Crippen molar-refractivity contribution in [2.45, 2.75) is 26.2 Å². The zero-order chi connectivity index (χ0) is 12.7. The quantitative estimate of drug-likeness (QED) is 0.837. The van der Waals surface area contributed by atoms with Crippen LogP contribution in [0.25, 0.3) is 11.4 Å². The van der Waals surface area contributed by atoms with Gasteiger partial charge in [0.05, 0.1) is 5.69 Å². The van der Waals surface area contributed by atoms with E-state index in [1.165, 1.54) is 12.1 Å². The Hall–Kier alpha value is -1.97. The van der Waals surface area contributed by atoms with E-state index in [4.69, 9.17) is 0 Å². The molecule has 0 saturated heterocycles. The van der Waals surface area contributed by atoms with Crippen LogP contribution in [0.2, 0.25) is 0 Å². The van der Waals surface area contributed by atoms with E-state index >= 15 is 0 Å². The van der Waals surface area contributed by atoms with Crippen molar-refractivity contribution in [2.75, 3.05) is 0 Å². The van der Waals surface area contributed by atoms with Gasteiger partial charge in [-0.3, -0.25) is 4.79 Å². The summed E-state index contributed by atoms with van der Waals surface area (Å²) in [4.78, 5) is 19.1. The fourth-order valence-electron chi connectivity index (χ4n) is 2.42. The Kier molecular flexibility index (Phi) is 2.51. The summed E-state index contributed by atoms with van der Waals surface area (Å²) >= 11 is 0. The van der Waals surface area contributed by atoms with Gasteiger partial charge in [0.25, 0.3) is 5.56 Å². The molecule has 0 saturated carbocycles. The van der Waals surface area contributed by atoms with Gasteiger partial charge in [-0.25, -0.2) is 9.37 Å². The number of aryl methyl sites for hydroxylation is 2. The maximum absolute atomic E-state index is 13.3. The SMILES string of the molecule is Cc1ccc(F)cc1-c1nc2c(c(=O)[nH]1)CCC2. The number of H-pyrrole nitrogens is 1. The maximum Gasteiger partial charge on any atom is 0.254 e. The van der Waals surface area contributed by atoms with Gasteiger partial charge in [0.2, 0.25) is 0 Å². The molecule has 92 valence electrons. The van der Waals surface area contributed by atoms with Crippen LogP contribution >= 0.6 is 0 Å². The van der Waals surface area contributed by atoms with E-state index < -0.39 is 0 Å². The lowest BCUT2D eigenvalue weighted by atomic mass is 10.1. The van der Waals surface area contributed by atoms with Crippen molar-refractivity contribution in [3.05, 3.63) is 51.2 Å². The highest BCUT2D eigenvalue weighted by Crippen LogP contribution is 2.23. The average Bonchev–Trinajstić information content (AvgIpc) is 2.81. The van der Waals surface area contributed by atoms with E-state index in [1.807, 2.05) is 6.92 Å². The standard InChI is InChI=1S/C14H13FN2O/c1-8-5-6-9(15)7-11(8)13-16-12-4-2-3-10(12)14(18)17-13/h5-7H,2-4H2,1H3,(H,16,17,18). The normalized spacial score (nSPS) is 13.7. The molecule has 18 heavy (non-hydrogen) atoms. The first kappa shape index (κ1) is 11.1. The van der Waals surface area contributed by atoms with E-state index in [9.17, 15) is 9.18 Å². The van der Waals surface area contributed by atoms with Gasteiger partial charge in [0.1, 0.15) is 11.6 Å². The van der Waals surface area contributed by atoms with Gasteiger partial charge in [-0.2, -0.15) is 0 Å². The molecular formula is C14H13FN2O. The number of hydrogen-bond donors (Lipinski definition) is 1. The van der Waals surface area contributed by atoms with Crippen molar-refractivity contribution in [1.82, 2.24) is 9.97 Å². The largest absolute Gasteiger partial charge is 0.306 e. The molecule has 1 aromatic heterocycles. The van der Waals surface area contributed by atoms with Crippen molar-refractivity contribution in [2.24, 2.45) is 0 Å². The molecule has 2 aromatic rings. The molecule has 0 fully saturated rings. The second-order valence-electron chi connectivity index (χ2n) is 4.65. The van der Waals surface area contributed by atoms with E-state index in [1.54, 1.807) is 6.07 Å². The number of nitrogens with one attached hydrogen (secondary N) is 1. The number of halogens is 1. The summed E-state index contributed by atoms with van der Waals surface area (Å²) < 4.78 is 13.3. The predicted molar refractivity (Wildman–Crippen MR) is 67.0 cm³/mol. The van der Waals surface area contributed by atoms with Gasteiger partial charge in [0, 0.05) is 11.1 Å². The molecule has 1 heterocycles. The second kappa shape index (κ2) is 4.05. The molecule has 3 rings (SSSR count). The first-order valence-corrected chi connectivity index (χ1v) is 6.04. The van der Waals surface area contributed by atoms with Crippen molar-refractivity contribution in [3.63, 3.8) is 0 Å². The van der Waals surface area contributed by atoms with E-state index in [-0.39, 0.29) is 11.4 Å². The fraction of sp³-hybridized carbons (Fsp3) is 0.286. The Morgan fingerprint density at radius 3 is 3.00 bits per heavy atom. The Morgan fingerprint density at radius 2 is 2.17 bits per heavy atom. The van der Waals surface area contributed by atoms with Crippen LogP contribution in [0.4, 0.5) is 4.39 Å². The van der Waals surface area contributed by atoms with Crippen molar-refractivity contribution in [1.29, 1.82) is 0 Å². The number of rotatable bonds is 1. The van der Waals surface area contributed by atoms with Crippen molar-refractivity contribution < 1.29 is 4.39 Å². The molecule has 1 N–H and O–H groups in total. The molecule has 0 bridgehead atoms. The minimum Gasteiger partial charge on any atom is -0.306 e. The lowest BCUT2D eigenvalue weighted by Crippen LogP contribution is -2.15.